The maximum atomic E-state index is 12.0. The minimum atomic E-state index is -0.969. The Balaban J connectivity index is -0.00000137. The van der Waals surface area contributed by atoms with Crippen LogP contribution in [0.3, 0.4) is 0 Å². The Bertz CT molecular complexity index is 4870. The minimum absolute atomic E-state index is 0. The number of methoxy groups -OCH3 is 2. The zero-order chi connectivity index (χ0) is 90.5. The SMILES string of the molecule is BrB(Br)Br.BrBr.C/C=C/c1c(O)ccc(Br)c1C.CCC.COc1ccc(Br)c(C)c1C=O.COc1cccc(C)c1C=O.Cc1c(Br)ccc(O)c1C=O.Cc1c(Br)ccc2c1C=CB(O)O2.Cc1c(Nc2nn(C3COCC[C@@H]3C#N)cc2C(N)=O)ccc2c1C=CB(O)O2.N#C[C@H]1CCOCC1n1cc(C(N)=O)c(N)n1.PPPPPP.[Ir].[Y].[Y].[Y]. The van der Waals surface area contributed by atoms with Gasteiger partial charge in [0.1, 0.15) is 45.6 Å². The van der Waals surface area contributed by atoms with Gasteiger partial charge >= 0.3 is 17.4 Å². The number of phenolic OH excluding ortho intramolecular Hbond substituents is 2. The van der Waals surface area contributed by atoms with Crippen LogP contribution in [0, 0.1) is 76.0 Å². The molecule has 12 rings (SSSR count). The van der Waals surface area contributed by atoms with Gasteiger partial charge in [-0.05, 0) is 173 Å². The van der Waals surface area contributed by atoms with Gasteiger partial charge in [0, 0.05) is 212 Å². The van der Waals surface area contributed by atoms with Crippen molar-refractivity contribution in [1.82, 2.24) is 19.6 Å². The van der Waals surface area contributed by atoms with Gasteiger partial charge in [-0.1, -0.05) is 152 Å². The number of aromatic hydroxyl groups is 2. The number of rotatable bonds is 15. The van der Waals surface area contributed by atoms with Gasteiger partial charge in [-0.15, -0.1) is 65.1 Å². The van der Waals surface area contributed by atoms with Crippen LogP contribution in [0.1, 0.15) is 154 Å². The largest absolute Gasteiger partial charge is 0.552 e. The Kier molecular flexibility index (Phi) is 72.7. The molecule has 2 fully saturated rings. The number of nitrogen functional groups attached to an aromatic ring is 1. The quantitative estimate of drug-likeness (QED) is 0.0204. The first-order chi connectivity index (χ1) is 57.2. The fourth-order valence-electron chi connectivity index (χ4n) is 10.8. The van der Waals surface area contributed by atoms with Crippen LogP contribution in [0.5, 0.6) is 34.5 Å². The van der Waals surface area contributed by atoms with Gasteiger partial charge in [-0.25, -0.2) is 0 Å². The first kappa shape index (κ1) is 127. The van der Waals surface area contributed by atoms with Gasteiger partial charge in [-0.2, -0.15) is 20.7 Å². The van der Waals surface area contributed by atoms with Crippen LogP contribution in [-0.4, -0.2) is 129 Å². The number of halogens is 9. The number of primary amides is 2. The number of anilines is 3. The zero-order valence-corrected chi connectivity index (χ0v) is 101. The molecule has 0 bridgehead atoms. The molecule has 2 saturated heterocycles. The van der Waals surface area contributed by atoms with Gasteiger partial charge in [0.2, 0.25) is 0 Å². The van der Waals surface area contributed by atoms with Gasteiger partial charge in [0.25, 0.3) is 11.8 Å². The van der Waals surface area contributed by atoms with Crippen molar-refractivity contribution >= 4 is 273 Å². The number of nitrogens with two attached hydrogens (primary N) is 3. The molecule has 4 radical (unpaired) electrons. The van der Waals surface area contributed by atoms with Gasteiger partial charge in [0.15, 0.2) is 30.5 Å². The molecule has 0 aliphatic carbocycles. The fourth-order valence-corrected chi connectivity index (χ4v) is 29.6. The third kappa shape index (κ3) is 42.8. The summed E-state index contributed by atoms with van der Waals surface area (Å²) in [5, 5.41) is 67.6. The molecule has 662 valence electrons. The Morgan fingerprint density at radius 1 is 0.629 bits per heavy atom. The Morgan fingerprint density at radius 3 is 1.44 bits per heavy atom. The van der Waals surface area contributed by atoms with Gasteiger partial charge < -0.3 is 71.0 Å². The standard InChI is InChI=1S/C19H20BN5O4.C10H11BrO.C10H13N5O2.C9H8BBrO2.C9H9BrO2.C9H10O2.C8H7BrO2.C3H8.BBr3.Br2.Ir.H8P6.3Y/c1-11-13-4-6-20(27)29-17(13)3-2-15(11)23-19-14(18(22)26)9-25(24-19)16-10-28-7-5-12(16)8-21;1-3-4-8-7(2)9(11)5-6-10(8)12;11-3-6-1-2-17-5-8(6)15-4-7(10(13)16)9(12)14-15;1-6-7-4-5-10(12)13-9(7)3-2-8(6)11;1-6-7(5-11)9(12-2)4-3-8(6)10;1-7-4-3-5-9(11-2)8(7)6-10;1-5-6(4-10)8(11)3-2-7(5)9;1-3-2;2-1(3)4;1-2;;1-3-5-6-4-2;;;/h2-4,6,9,12,16,27H,5,7,10H2,1H3,(H2,22,26)(H,23,24);3-6,12H,1-2H3;4,6,8H,1-2,5H2,(H2,12,14)(H2,13,16);2-5,12H,1H3;3-5H,1-2H3;3-6H,1-2H3;2-4,11H,1H3;3H2,1-2H3;;;;3-6H,1-2H2;;;/b;4-3+;;;;;;;;;;;;;/t12-,16?;;6-,8?;;;;;;;;;;;;/m1.1............/s1. The van der Waals surface area contributed by atoms with Crippen LogP contribution in [0.25, 0.3) is 18.2 Å². The predicted molar refractivity (Wildman–Crippen MR) is 536 cm³/mol. The molecule has 0 spiro atoms. The Hall–Kier alpha value is -0.814. The number of carbonyl (C=O) groups excluding carboxylic acids is 5. The van der Waals surface area contributed by atoms with Gasteiger partial charge in [-0.3, -0.25) is 33.3 Å². The maximum Gasteiger partial charge on any atom is 0.552 e. The van der Waals surface area contributed by atoms with Crippen LogP contribution in [-0.2, 0) is 128 Å². The third-order valence-electron chi connectivity index (χ3n) is 17.1. The summed E-state index contributed by atoms with van der Waals surface area (Å²) in [6.07, 6.45) is 15.3. The first-order valence-corrected chi connectivity index (χ1v) is 56.1. The molecule has 25 nitrogen and oxygen atoms in total. The van der Waals surface area contributed by atoms with E-state index in [4.69, 9.17) is 55.8 Å². The Labute approximate surface area is 901 Å². The van der Waals surface area contributed by atoms with Crippen LogP contribution >= 0.6 is 189 Å². The van der Waals surface area contributed by atoms with E-state index in [1.807, 2.05) is 96.2 Å². The van der Waals surface area contributed by atoms with E-state index in [2.05, 4.69) is 199 Å². The van der Waals surface area contributed by atoms with Crippen molar-refractivity contribution in [2.45, 2.75) is 93.7 Å². The molecule has 4 aliphatic heterocycles. The number of allylic oxidation sites excluding steroid dienone is 1. The molecule has 8 unspecified atom stereocenters. The summed E-state index contributed by atoms with van der Waals surface area (Å²) in [4.78, 5) is 54.7. The fraction of sp³-hybridized carbons (Fsp3) is 0.286. The molecule has 8 aromatic rings. The molecule has 2 aromatic heterocycles. The second kappa shape index (κ2) is 70.8. The van der Waals surface area contributed by atoms with E-state index in [9.17, 15) is 44.4 Å². The molecular formula is C77H94B3Br9IrN10O15P6Y3. The van der Waals surface area contributed by atoms with Crippen molar-refractivity contribution in [2.75, 3.05) is 51.7 Å². The van der Waals surface area contributed by atoms with Crippen molar-refractivity contribution in [3.8, 4) is 46.6 Å². The van der Waals surface area contributed by atoms with Crippen LogP contribution < -0.4 is 41.3 Å². The first-order valence-electron chi connectivity index (χ1n) is 35.8. The Morgan fingerprint density at radius 2 is 1.02 bits per heavy atom. The monoisotopic (exact) mass is 2790 g/mol. The molecule has 2 amide bonds. The van der Waals surface area contributed by atoms with E-state index in [-0.39, 0.29) is 168 Å². The number of hydrogen-bond acceptors (Lipinski definition) is 21. The van der Waals surface area contributed by atoms with Crippen molar-refractivity contribution in [3.05, 3.63) is 205 Å². The molecule has 6 heterocycles. The zero-order valence-electron chi connectivity index (χ0n) is 69.2. The summed E-state index contributed by atoms with van der Waals surface area (Å²) in [6.45, 7) is 19.4. The van der Waals surface area contributed by atoms with Crippen LogP contribution in [0.2, 0.25) is 0 Å². The van der Waals surface area contributed by atoms with Crippen molar-refractivity contribution in [3.63, 3.8) is 0 Å². The number of aldehydes is 3. The summed E-state index contributed by atoms with van der Waals surface area (Å²) in [7, 11) is 11.6. The van der Waals surface area contributed by atoms with E-state index >= 15 is 0 Å². The average Bonchev–Trinajstić information content (AvgIpc) is 1.30. The van der Waals surface area contributed by atoms with E-state index < -0.39 is 26.1 Å². The second-order valence-corrected chi connectivity index (χ2v) is 48.8. The number of nitriles is 2. The van der Waals surface area contributed by atoms with E-state index in [0.29, 0.717) is 91.1 Å². The summed E-state index contributed by atoms with van der Waals surface area (Å²) in [5.41, 5.74) is 27.4. The third-order valence-corrected chi connectivity index (χ3v) is 37.0. The minimum Gasteiger partial charge on any atom is -0.532 e. The smallest absolute Gasteiger partial charge is 0.532 e. The number of phenols is 2. The van der Waals surface area contributed by atoms with E-state index in [1.54, 1.807) is 86.4 Å². The molecular weight excluding hydrogens is 2700 g/mol. The molecule has 47 heteroatoms. The molecule has 6 aromatic carbocycles. The summed E-state index contributed by atoms with van der Waals surface area (Å²) in [5.74, 6) is 4.79. The summed E-state index contributed by atoms with van der Waals surface area (Å²) < 4.78 is 38.6. The summed E-state index contributed by atoms with van der Waals surface area (Å²) >= 11 is 28.2. The van der Waals surface area contributed by atoms with Crippen LogP contribution in [0.4, 0.5) is 17.3 Å². The van der Waals surface area contributed by atoms with E-state index in [1.165, 1.54) is 39.3 Å². The number of aryl methyl sites for hydroxylation is 1. The normalized spacial score (nSPS) is 14.5. The second-order valence-electron chi connectivity index (χ2n) is 25.0. The van der Waals surface area contributed by atoms with E-state index in [0.717, 1.165) is 108 Å². The number of nitrogens with one attached hydrogen (secondary N) is 1. The maximum absolute atomic E-state index is 12.0. The van der Waals surface area contributed by atoms with Gasteiger partial charge in [0.05, 0.1) is 80.2 Å². The molecule has 4 aliphatic rings. The van der Waals surface area contributed by atoms with Crippen molar-refractivity contribution < 1.29 is 191 Å². The number of carbonyl (C=O) groups is 5. The topological polar surface area (TPSA) is 395 Å². The van der Waals surface area contributed by atoms with Crippen molar-refractivity contribution in [2.24, 2.45) is 23.3 Å². The number of hydrogen-bond donors (Lipinski definition) is 8. The average molecular weight is 2800 g/mol. The number of nitrogens with zero attached hydrogens (tertiary/aromatic N) is 6. The molecule has 0 saturated carbocycles. The number of ether oxygens (including phenoxy) is 4. The number of amides is 2. The van der Waals surface area contributed by atoms with Crippen LogP contribution in [0.15, 0.2) is 127 Å². The number of benzene rings is 6. The molecule has 124 heavy (non-hydrogen) atoms. The number of fused-ring (bicyclic) bond motifs is 2. The molecule has 10 atom stereocenters. The molecule has 11 N–H and O–H groups in total. The number of aromatic nitrogens is 4. The summed E-state index contributed by atoms with van der Waals surface area (Å²) in [6, 6.07) is 27.1. The predicted octanol–water partition coefficient (Wildman–Crippen LogP) is 21.9. The van der Waals surface area contributed by atoms with Crippen molar-refractivity contribution in [1.29, 1.82) is 10.5 Å².